The molecule has 9 aromatic rings. The second-order valence-electron chi connectivity index (χ2n) is 13.9. The lowest BCUT2D eigenvalue weighted by molar-refractivity contribution is 0.630. The Balaban J connectivity index is 1.13. The molecule has 0 bridgehead atoms. The van der Waals surface area contributed by atoms with E-state index in [9.17, 15) is 0 Å². The second kappa shape index (κ2) is 15.6. The number of rotatable bonds is 9. The van der Waals surface area contributed by atoms with Gasteiger partial charge in [0.2, 0.25) is 0 Å². The molecule has 0 aliphatic rings. The predicted molar refractivity (Wildman–Crippen MR) is 234 cm³/mol. The smallest absolute Gasteiger partial charge is 0.148 e. The van der Waals surface area contributed by atoms with Crippen molar-refractivity contribution in [1.82, 2.24) is 0 Å². The van der Waals surface area contributed by atoms with Crippen LogP contribution in [0.4, 0.5) is 21.5 Å². The molecule has 0 N–H and O–H groups in total. The number of hydrogen-bond donors (Lipinski definition) is 0. The highest BCUT2D eigenvalue weighted by Gasteiger charge is 2.23. The van der Waals surface area contributed by atoms with E-state index in [2.05, 4.69) is 169 Å². The van der Waals surface area contributed by atoms with E-state index in [4.69, 9.17) is 0 Å². The molecule has 0 saturated carbocycles. The third kappa shape index (κ3) is 7.16. The molecule has 0 aromatic heterocycles. The molecule has 56 heavy (non-hydrogen) atoms. The zero-order valence-electron chi connectivity index (χ0n) is 30.8. The van der Waals surface area contributed by atoms with Crippen LogP contribution in [0.15, 0.2) is 231 Å². The molecule has 0 aliphatic carbocycles. The summed E-state index contributed by atoms with van der Waals surface area (Å²) in [6, 6.07) is 78.9. The molecule has 9 aromatic carbocycles. The van der Waals surface area contributed by atoms with Gasteiger partial charge in [0.25, 0.3) is 0 Å². The molecule has 0 saturated heterocycles. The summed E-state index contributed by atoms with van der Waals surface area (Å²) in [6.07, 6.45) is 0. The van der Waals surface area contributed by atoms with Crippen LogP contribution in [-0.4, -0.2) is 0 Å². The lowest BCUT2D eigenvalue weighted by atomic mass is 9.95. The van der Waals surface area contributed by atoms with Crippen molar-refractivity contribution in [2.45, 2.75) is 0 Å². The second-order valence-corrected chi connectivity index (χ2v) is 13.9. The van der Waals surface area contributed by atoms with Crippen molar-refractivity contribution in [3.05, 3.63) is 236 Å². The highest BCUT2D eigenvalue weighted by atomic mass is 19.1. The van der Waals surface area contributed by atoms with Gasteiger partial charge in [0, 0.05) is 16.9 Å². The first kappa shape index (κ1) is 34.5. The molecule has 0 aliphatic heterocycles. The van der Waals surface area contributed by atoms with E-state index in [1.54, 1.807) is 6.07 Å². The normalized spacial score (nSPS) is 10.9. The summed E-state index contributed by atoms with van der Waals surface area (Å²) in [5, 5.41) is 0. The largest absolute Gasteiger partial charge is 0.307 e. The van der Waals surface area contributed by atoms with Crippen molar-refractivity contribution in [3.63, 3.8) is 0 Å². The average molecular weight is 720 g/mol. The van der Waals surface area contributed by atoms with Crippen LogP contribution < -0.4 is 4.90 Å². The molecule has 0 unspecified atom stereocenters. The van der Waals surface area contributed by atoms with Crippen molar-refractivity contribution < 1.29 is 4.39 Å². The fraction of sp³-hybridized carbons (Fsp3) is 0. The summed E-state index contributed by atoms with van der Waals surface area (Å²) in [5.41, 5.74) is 14.9. The molecule has 0 atom stereocenters. The molecule has 9 rings (SSSR count). The fourth-order valence-electron chi connectivity index (χ4n) is 7.45. The number of hydrogen-bond acceptors (Lipinski definition) is 1. The van der Waals surface area contributed by atoms with E-state index in [-0.39, 0.29) is 5.82 Å². The number of benzene rings is 9. The van der Waals surface area contributed by atoms with Gasteiger partial charge in [-0.05, 0) is 97.6 Å². The van der Waals surface area contributed by atoms with Crippen LogP contribution >= 0.6 is 0 Å². The lowest BCUT2D eigenvalue weighted by Crippen LogP contribution is -2.13. The van der Waals surface area contributed by atoms with Gasteiger partial charge in [-0.25, -0.2) is 4.39 Å². The van der Waals surface area contributed by atoms with Crippen molar-refractivity contribution in [3.8, 4) is 66.8 Å². The van der Waals surface area contributed by atoms with E-state index >= 15 is 4.39 Å². The van der Waals surface area contributed by atoms with Gasteiger partial charge in [-0.2, -0.15) is 0 Å². The molecular formula is C54H38FN. The van der Waals surface area contributed by atoms with Crippen LogP contribution in [0.25, 0.3) is 66.8 Å². The lowest BCUT2D eigenvalue weighted by Gasteiger charge is -2.29. The zero-order chi connectivity index (χ0) is 37.7. The quantitative estimate of drug-likeness (QED) is 0.144. The summed E-state index contributed by atoms with van der Waals surface area (Å²) < 4.78 is 17.1. The minimum Gasteiger partial charge on any atom is -0.307 e. The van der Waals surface area contributed by atoms with Gasteiger partial charge in [-0.1, -0.05) is 194 Å². The van der Waals surface area contributed by atoms with Crippen LogP contribution in [0.5, 0.6) is 0 Å². The van der Waals surface area contributed by atoms with Crippen molar-refractivity contribution in [2.24, 2.45) is 0 Å². The van der Waals surface area contributed by atoms with Crippen LogP contribution in [0.2, 0.25) is 0 Å². The maximum Gasteiger partial charge on any atom is 0.148 e. The van der Waals surface area contributed by atoms with E-state index in [0.717, 1.165) is 55.9 Å². The molecule has 0 radical (unpaired) electrons. The number of nitrogens with zero attached hydrogens (tertiary/aromatic N) is 1. The molecule has 0 spiro atoms. The summed E-state index contributed by atoms with van der Waals surface area (Å²) in [4.78, 5) is 2.05. The first-order chi connectivity index (χ1) is 27.7. The third-order valence-corrected chi connectivity index (χ3v) is 10.4. The molecule has 0 fully saturated rings. The first-order valence-corrected chi connectivity index (χ1v) is 18.9. The van der Waals surface area contributed by atoms with Gasteiger partial charge < -0.3 is 4.90 Å². The van der Waals surface area contributed by atoms with E-state index in [1.807, 2.05) is 60.7 Å². The number of anilines is 3. The summed E-state index contributed by atoms with van der Waals surface area (Å²) in [6.45, 7) is 0. The van der Waals surface area contributed by atoms with Gasteiger partial charge in [0.15, 0.2) is 0 Å². The maximum absolute atomic E-state index is 17.1. The molecule has 266 valence electrons. The summed E-state index contributed by atoms with van der Waals surface area (Å²) in [5.74, 6) is -0.300. The van der Waals surface area contributed by atoms with Gasteiger partial charge in [-0.15, -0.1) is 0 Å². The zero-order valence-corrected chi connectivity index (χ0v) is 30.8. The molecule has 0 amide bonds. The minimum atomic E-state index is -0.300. The standard InChI is InChI=1S/C54H38FN/c55-53-38-49(41-17-9-3-10-18-41)37-52(48-19-11-4-12-20-48)54(53)56(50-33-29-46(30-34-50)44-25-21-42(22-26-44)39-13-5-1-6-14-39)51-35-31-47(32-36-51)45-27-23-43(24-28-45)40-15-7-2-8-16-40/h1-38H. The SMILES string of the molecule is Fc1cc(-c2ccccc2)cc(-c2ccccc2)c1N(c1ccc(-c2ccc(-c3ccccc3)cc2)cc1)c1ccc(-c2ccc(-c3ccccc3)cc2)cc1. The summed E-state index contributed by atoms with van der Waals surface area (Å²) >= 11 is 0. The Morgan fingerprint density at radius 2 is 0.518 bits per heavy atom. The third-order valence-electron chi connectivity index (χ3n) is 10.4. The van der Waals surface area contributed by atoms with Crippen LogP contribution in [0.3, 0.4) is 0 Å². The van der Waals surface area contributed by atoms with Gasteiger partial charge in [0.1, 0.15) is 5.82 Å². The van der Waals surface area contributed by atoms with Crippen molar-refractivity contribution in [2.75, 3.05) is 4.90 Å². The summed E-state index contributed by atoms with van der Waals surface area (Å²) in [7, 11) is 0. The topological polar surface area (TPSA) is 3.24 Å². The average Bonchev–Trinajstić information content (AvgIpc) is 3.29. The Kier molecular flexibility index (Phi) is 9.60. The highest BCUT2D eigenvalue weighted by molar-refractivity contribution is 5.92. The Hall–Kier alpha value is -7.29. The Morgan fingerprint density at radius 3 is 0.857 bits per heavy atom. The Morgan fingerprint density at radius 1 is 0.250 bits per heavy atom. The maximum atomic E-state index is 17.1. The monoisotopic (exact) mass is 719 g/mol. The molecular weight excluding hydrogens is 682 g/mol. The number of halogens is 1. The van der Waals surface area contributed by atoms with Crippen LogP contribution in [0.1, 0.15) is 0 Å². The Bertz CT molecular complexity index is 2550. The highest BCUT2D eigenvalue weighted by Crippen LogP contribution is 2.45. The Labute approximate surface area is 328 Å². The van der Waals surface area contributed by atoms with E-state index < -0.39 is 0 Å². The van der Waals surface area contributed by atoms with E-state index in [0.29, 0.717) is 5.69 Å². The van der Waals surface area contributed by atoms with Crippen molar-refractivity contribution in [1.29, 1.82) is 0 Å². The fourth-order valence-corrected chi connectivity index (χ4v) is 7.45. The predicted octanol–water partition coefficient (Wildman–Crippen LogP) is 15.3. The molecule has 0 heterocycles. The molecule has 1 nitrogen and oxygen atoms in total. The van der Waals surface area contributed by atoms with Crippen LogP contribution in [0, 0.1) is 5.82 Å². The van der Waals surface area contributed by atoms with Gasteiger partial charge >= 0.3 is 0 Å². The van der Waals surface area contributed by atoms with Gasteiger partial charge in [-0.3, -0.25) is 0 Å². The first-order valence-electron chi connectivity index (χ1n) is 18.9. The van der Waals surface area contributed by atoms with Crippen LogP contribution in [-0.2, 0) is 0 Å². The van der Waals surface area contributed by atoms with Crippen molar-refractivity contribution >= 4 is 17.1 Å². The van der Waals surface area contributed by atoms with E-state index in [1.165, 1.54) is 22.3 Å². The van der Waals surface area contributed by atoms with Gasteiger partial charge in [0.05, 0.1) is 5.69 Å². The molecule has 2 heteroatoms. The minimum absolute atomic E-state index is 0.300.